The zero-order valence-corrected chi connectivity index (χ0v) is 33.5. The van der Waals surface area contributed by atoms with Crippen LogP contribution in [0.1, 0.15) is 106 Å². The number of ether oxygens (including phenoxy) is 2. The molecule has 2 atom stereocenters. The fourth-order valence-electron chi connectivity index (χ4n) is 8.88. The Morgan fingerprint density at radius 3 is 1.34 bits per heavy atom. The fourth-order valence-corrected chi connectivity index (χ4v) is 8.88. The first kappa shape index (κ1) is 40.0. The summed E-state index contributed by atoms with van der Waals surface area (Å²) in [6, 6.07) is 1.78. The van der Waals surface area contributed by atoms with Gasteiger partial charge in [0, 0.05) is 96.5 Å². The summed E-state index contributed by atoms with van der Waals surface area (Å²) in [5.74, 6) is -0.332. The van der Waals surface area contributed by atoms with Gasteiger partial charge in [0.05, 0.1) is 5.92 Å². The lowest BCUT2D eigenvalue weighted by Gasteiger charge is -2.37. The number of nitrogens with one attached hydrogen (secondary N) is 1. The maximum atomic E-state index is 12.9. The number of piperazine rings is 2. The maximum absolute atomic E-state index is 12.9. The summed E-state index contributed by atoms with van der Waals surface area (Å²) < 4.78 is 10.8. The van der Waals surface area contributed by atoms with Gasteiger partial charge in [0.2, 0.25) is 5.91 Å². The lowest BCUT2D eigenvalue weighted by molar-refractivity contribution is -0.139. The highest BCUT2D eigenvalue weighted by Crippen LogP contribution is 2.60. The van der Waals surface area contributed by atoms with Crippen LogP contribution in [0.15, 0.2) is 0 Å². The lowest BCUT2D eigenvalue weighted by Crippen LogP contribution is -2.50. The molecule has 2 unspecified atom stereocenters. The van der Waals surface area contributed by atoms with E-state index in [0.29, 0.717) is 32.1 Å². The normalized spacial score (nSPS) is 28.2. The first-order chi connectivity index (χ1) is 25.0. The number of carboxylic acid groups (broad SMARTS) is 1. The van der Waals surface area contributed by atoms with E-state index in [-0.39, 0.29) is 34.9 Å². The van der Waals surface area contributed by atoms with Crippen LogP contribution in [0.3, 0.4) is 0 Å². The summed E-state index contributed by atoms with van der Waals surface area (Å²) in [4.78, 5) is 58.7. The topological polar surface area (TPSA) is 135 Å². The van der Waals surface area contributed by atoms with Gasteiger partial charge in [-0.1, -0.05) is 0 Å². The highest BCUT2D eigenvalue weighted by Gasteiger charge is 2.60. The first-order valence-corrected chi connectivity index (χ1v) is 20.6. The van der Waals surface area contributed by atoms with Crippen LogP contribution in [-0.4, -0.2) is 155 Å². The first-order valence-electron chi connectivity index (χ1n) is 20.6. The number of carbonyl (C=O) groups excluding carboxylic acids is 3. The standard InChI is InChI=1S/C20H33N3O3.C13H21NO4.C7H14N2/c1-19(2,3)26-18(25)23-8-6-20(7-9-23)14-16(20)17(24)22-12-10-21(11-13-22)15-4-5-15;1-12(2,3)18-11(17)14-6-4-13(5-7-14)8-9(13)10(15)16;1-2-7(1)9-5-3-8-4-6-9/h15-16H,4-14H2,1-3H3;9H,4-8H2,1-3H3,(H,15,16);7-8H,1-6H2. The minimum atomic E-state index is -0.694. The molecule has 0 radical (unpaired) electrons. The van der Waals surface area contributed by atoms with Gasteiger partial charge >= 0.3 is 18.2 Å². The van der Waals surface area contributed by atoms with E-state index in [1.807, 2.05) is 46.4 Å². The number of hydrogen-bond acceptors (Lipinski definition) is 9. The van der Waals surface area contributed by atoms with E-state index in [9.17, 15) is 19.2 Å². The number of rotatable bonds is 4. The SMILES string of the molecule is C1CN(C2CC2)CCN1.CC(C)(C)OC(=O)N1CCC2(CC1)CC2C(=O)N1CCN(C2CC2)CC1.CC(C)(C)OC(=O)N1CCC2(CC1)CC2C(=O)O. The second kappa shape index (κ2) is 15.8. The Labute approximate surface area is 317 Å². The summed E-state index contributed by atoms with van der Waals surface area (Å²) in [6.45, 7) is 22.7. The second-order valence-electron chi connectivity index (χ2n) is 19.1. The van der Waals surface area contributed by atoms with Gasteiger partial charge in [-0.3, -0.25) is 19.4 Å². The highest BCUT2D eigenvalue weighted by molar-refractivity contribution is 5.83. The zero-order chi connectivity index (χ0) is 38.2. The predicted molar refractivity (Wildman–Crippen MR) is 201 cm³/mol. The monoisotopic (exact) mass is 745 g/mol. The molecule has 2 spiro atoms. The number of carboxylic acids is 1. The lowest BCUT2D eigenvalue weighted by atomic mass is 9.90. The average molecular weight is 745 g/mol. The molecular formula is C40H68N6O7. The van der Waals surface area contributed by atoms with Crippen LogP contribution in [0.25, 0.3) is 0 Å². The third-order valence-electron chi connectivity index (χ3n) is 12.7. The molecule has 3 amide bonds. The van der Waals surface area contributed by atoms with Gasteiger partial charge in [-0.05, 0) is 117 Å². The van der Waals surface area contributed by atoms with Gasteiger partial charge in [-0.25, -0.2) is 9.59 Å². The second-order valence-corrected chi connectivity index (χ2v) is 19.1. The number of carbonyl (C=O) groups is 4. The molecule has 4 saturated carbocycles. The van der Waals surface area contributed by atoms with Crippen molar-refractivity contribution in [3.8, 4) is 0 Å². The molecule has 53 heavy (non-hydrogen) atoms. The van der Waals surface area contributed by atoms with Crippen molar-refractivity contribution in [1.82, 2.24) is 29.8 Å². The Kier molecular flexibility index (Phi) is 12.0. The molecule has 8 aliphatic rings. The Hall–Kier alpha value is -2.64. The number of likely N-dealkylation sites (tertiary alicyclic amines) is 2. The zero-order valence-electron chi connectivity index (χ0n) is 33.5. The Morgan fingerprint density at radius 1 is 0.566 bits per heavy atom. The summed E-state index contributed by atoms with van der Waals surface area (Å²) in [5.41, 5.74) is -0.810. The van der Waals surface area contributed by atoms with Crippen LogP contribution in [-0.2, 0) is 19.1 Å². The van der Waals surface area contributed by atoms with Gasteiger partial charge in [0.15, 0.2) is 0 Å². The highest BCUT2D eigenvalue weighted by atomic mass is 16.6. The largest absolute Gasteiger partial charge is 0.481 e. The van der Waals surface area contributed by atoms with E-state index in [1.165, 1.54) is 51.9 Å². The molecular weight excluding hydrogens is 676 g/mol. The van der Waals surface area contributed by atoms with Crippen LogP contribution in [0.5, 0.6) is 0 Å². The molecule has 0 aromatic rings. The van der Waals surface area contributed by atoms with Crippen LogP contribution >= 0.6 is 0 Å². The Balaban J connectivity index is 0.000000153. The molecule has 0 bridgehead atoms. The van der Waals surface area contributed by atoms with Crippen molar-refractivity contribution in [2.45, 2.75) is 129 Å². The van der Waals surface area contributed by atoms with E-state index >= 15 is 0 Å². The van der Waals surface area contributed by atoms with Gasteiger partial charge in [-0.15, -0.1) is 0 Å². The van der Waals surface area contributed by atoms with Crippen LogP contribution in [0, 0.1) is 22.7 Å². The molecule has 8 fully saturated rings. The minimum Gasteiger partial charge on any atom is -0.481 e. The molecule has 0 aromatic carbocycles. The summed E-state index contributed by atoms with van der Waals surface area (Å²) in [7, 11) is 0. The number of nitrogens with zero attached hydrogens (tertiary/aromatic N) is 5. The van der Waals surface area contributed by atoms with Crippen molar-refractivity contribution < 1.29 is 33.8 Å². The quantitative estimate of drug-likeness (QED) is 0.424. The van der Waals surface area contributed by atoms with Gasteiger partial charge in [0.1, 0.15) is 11.2 Å². The maximum Gasteiger partial charge on any atom is 0.410 e. The van der Waals surface area contributed by atoms with Gasteiger partial charge in [-0.2, -0.15) is 0 Å². The van der Waals surface area contributed by atoms with E-state index in [1.54, 1.807) is 4.90 Å². The number of piperidine rings is 2. The predicted octanol–water partition coefficient (Wildman–Crippen LogP) is 4.49. The molecule has 13 nitrogen and oxygen atoms in total. The van der Waals surface area contributed by atoms with Crippen molar-refractivity contribution in [1.29, 1.82) is 0 Å². The molecule has 300 valence electrons. The fraction of sp³-hybridized carbons (Fsp3) is 0.900. The summed E-state index contributed by atoms with van der Waals surface area (Å²) >= 11 is 0. The van der Waals surface area contributed by atoms with Gasteiger partial charge < -0.3 is 34.6 Å². The molecule has 0 aromatic heterocycles. The average Bonchev–Trinajstić information content (AvgIpc) is 3.91. The summed E-state index contributed by atoms with van der Waals surface area (Å²) in [5, 5.41) is 12.3. The van der Waals surface area contributed by atoms with Crippen molar-refractivity contribution in [3.63, 3.8) is 0 Å². The van der Waals surface area contributed by atoms with E-state index in [4.69, 9.17) is 14.6 Å². The molecule has 13 heteroatoms. The smallest absolute Gasteiger partial charge is 0.410 e. The molecule has 8 rings (SSSR count). The Bertz CT molecular complexity index is 1310. The van der Waals surface area contributed by atoms with Crippen LogP contribution < -0.4 is 5.32 Å². The van der Waals surface area contributed by atoms with Crippen molar-refractivity contribution in [2.75, 3.05) is 78.5 Å². The molecule has 4 saturated heterocycles. The molecule has 2 N–H and O–H groups in total. The van der Waals surface area contributed by atoms with Crippen molar-refractivity contribution >= 4 is 24.1 Å². The molecule has 4 aliphatic heterocycles. The van der Waals surface area contributed by atoms with Crippen molar-refractivity contribution in [2.24, 2.45) is 22.7 Å². The Morgan fingerprint density at radius 2 is 0.962 bits per heavy atom. The number of hydrogen-bond donors (Lipinski definition) is 2. The minimum absolute atomic E-state index is 0.0374. The molecule has 4 aliphatic carbocycles. The van der Waals surface area contributed by atoms with E-state index in [2.05, 4.69) is 20.0 Å². The third kappa shape index (κ3) is 10.8. The van der Waals surface area contributed by atoms with Crippen LogP contribution in [0.2, 0.25) is 0 Å². The van der Waals surface area contributed by atoms with Gasteiger partial charge in [0.25, 0.3) is 0 Å². The van der Waals surface area contributed by atoms with Crippen molar-refractivity contribution in [3.05, 3.63) is 0 Å². The number of aliphatic carboxylic acids is 1. The number of amides is 3. The molecule has 4 heterocycles. The van der Waals surface area contributed by atoms with Crippen LogP contribution in [0.4, 0.5) is 9.59 Å². The third-order valence-corrected chi connectivity index (χ3v) is 12.7. The van der Waals surface area contributed by atoms with E-state index < -0.39 is 17.2 Å². The van der Waals surface area contributed by atoms with E-state index in [0.717, 1.165) is 76.8 Å². The summed E-state index contributed by atoms with van der Waals surface area (Å²) in [6.07, 6.45) is 10.3.